The van der Waals surface area contributed by atoms with Gasteiger partial charge in [0.05, 0.1) is 24.7 Å². The highest BCUT2D eigenvalue weighted by Gasteiger charge is 2.19. The highest BCUT2D eigenvalue weighted by molar-refractivity contribution is 8.08. The largest absolute Gasteiger partial charge is 0.456 e. The van der Waals surface area contributed by atoms with Crippen LogP contribution in [0.4, 0.5) is 0 Å². The normalized spacial score (nSPS) is 12.0. The maximum atomic E-state index is 11.8. The van der Waals surface area contributed by atoms with Crippen molar-refractivity contribution >= 4 is 28.1 Å². The standard InChI is InChI=1S/C13H18O8S2/c1-13(2,3)18-12(14)10-5-7-11(8-6-10)19-23(15,16)9-22-21-20-17-4/h5-8H,9H2,1-4H3. The zero-order valence-electron chi connectivity index (χ0n) is 13.1. The highest BCUT2D eigenvalue weighted by atomic mass is 32.3. The van der Waals surface area contributed by atoms with Crippen molar-refractivity contribution in [3.63, 3.8) is 0 Å². The Morgan fingerprint density at radius 1 is 1.17 bits per heavy atom. The molecule has 1 aromatic carbocycles. The van der Waals surface area contributed by atoms with Crippen LogP contribution >= 0.6 is 12.0 Å². The van der Waals surface area contributed by atoms with Gasteiger partial charge in [0.2, 0.25) is 0 Å². The second-order valence-electron chi connectivity index (χ2n) is 5.21. The first-order valence-corrected chi connectivity index (χ1v) is 8.86. The van der Waals surface area contributed by atoms with E-state index >= 15 is 0 Å². The van der Waals surface area contributed by atoms with Crippen LogP contribution < -0.4 is 4.18 Å². The number of hydrogen-bond acceptors (Lipinski definition) is 9. The van der Waals surface area contributed by atoms with Crippen molar-refractivity contribution < 1.29 is 36.4 Å². The molecule has 0 amide bonds. The van der Waals surface area contributed by atoms with Crippen LogP contribution in [-0.2, 0) is 29.1 Å². The van der Waals surface area contributed by atoms with Gasteiger partial charge >= 0.3 is 16.1 Å². The number of ether oxygens (including phenoxy) is 1. The quantitative estimate of drug-likeness (QED) is 0.172. The summed E-state index contributed by atoms with van der Waals surface area (Å²) < 4.78 is 37.7. The van der Waals surface area contributed by atoms with Gasteiger partial charge < -0.3 is 8.92 Å². The van der Waals surface area contributed by atoms with Crippen LogP contribution in [0.15, 0.2) is 24.3 Å². The number of carbonyl (C=O) groups excluding carboxylic acids is 1. The summed E-state index contributed by atoms with van der Waals surface area (Å²) in [6.07, 6.45) is 0. The summed E-state index contributed by atoms with van der Waals surface area (Å²) in [6.45, 7) is 5.26. The van der Waals surface area contributed by atoms with Gasteiger partial charge in [-0.3, -0.25) is 0 Å². The van der Waals surface area contributed by atoms with E-state index in [1.165, 1.54) is 31.4 Å². The molecule has 0 aliphatic carbocycles. The fourth-order valence-electron chi connectivity index (χ4n) is 1.28. The maximum Gasteiger partial charge on any atom is 0.338 e. The summed E-state index contributed by atoms with van der Waals surface area (Å²) in [4.78, 5) is 16.0. The SMILES string of the molecule is COOOSCS(=O)(=O)Oc1ccc(C(=O)OC(C)(C)C)cc1. The van der Waals surface area contributed by atoms with E-state index in [1.807, 2.05) is 0 Å². The minimum absolute atomic E-state index is 0.0607. The van der Waals surface area contributed by atoms with Gasteiger partial charge in [-0.05, 0) is 45.0 Å². The molecule has 0 bridgehead atoms. The first-order chi connectivity index (χ1) is 10.6. The molecule has 0 atom stereocenters. The van der Waals surface area contributed by atoms with E-state index < -0.39 is 26.8 Å². The van der Waals surface area contributed by atoms with Gasteiger partial charge in [-0.15, -0.1) is 4.33 Å². The Bertz CT molecular complexity index is 604. The van der Waals surface area contributed by atoms with Gasteiger partial charge in [-0.2, -0.15) is 8.42 Å². The molecule has 0 saturated heterocycles. The van der Waals surface area contributed by atoms with Crippen molar-refractivity contribution in [2.75, 3.05) is 12.2 Å². The summed E-state index contributed by atoms with van der Waals surface area (Å²) in [5, 5.41) is 3.54. The van der Waals surface area contributed by atoms with Crippen LogP contribution in [-0.4, -0.2) is 32.2 Å². The lowest BCUT2D eigenvalue weighted by Crippen LogP contribution is -2.23. The molecular formula is C13H18O8S2. The average Bonchev–Trinajstić information content (AvgIpc) is 2.42. The first kappa shape index (κ1) is 19.7. The Morgan fingerprint density at radius 3 is 2.30 bits per heavy atom. The molecule has 0 N–H and O–H groups in total. The molecule has 10 heteroatoms. The number of esters is 1. The molecule has 0 aromatic heterocycles. The third-order valence-corrected chi connectivity index (χ3v) is 4.19. The third-order valence-electron chi connectivity index (χ3n) is 2.05. The zero-order valence-corrected chi connectivity index (χ0v) is 14.7. The summed E-state index contributed by atoms with van der Waals surface area (Å²) in [5.74, 6) is -0.446. The first-order valence-electron chi connectivity index (χ1n) is 6.37. The molecule has 0 aliphatic heterocycles. The molecule has 0 radical (unpaired) electrons. The van der Waals surface area contributed by atoms with Crippen molar-refractivity contribution in [2.24, 2.45) is 0 Å². The van der Waals surface area contributed by atoms with E-state index in [0.29, 0.717) is 12.0 Å². The molecule has 0 saturated carbocycles. The molecule has 0 unspecified atom stereocenters. The van der Waals surface area contributed by atoms with E-state index in [4.69, 9.17) is 8.92 Å². The van der Waals surface area contributed by atoms with Gasteiger partial charge in [0.25, 0.3) is 0 Å². The minimum Gasteiger partial charge on any atom is -0.456 e. The third kappa shape index (κ3) is 8.18. The molecule has 0 fully saturated rings. The molecule has 0 aliphatic rings. The van der Waals surface area contributed by atoms with Crippen LogP contribution in [0.1, 0.15) is 31.1 Å². The molecule has 8 nitrogen and oxygen atoms in total. The topological polar surface area (TPSA) is 97.4 Å². The zero-order chi connectivity index (χ0) is 17.5. The predicted molar refractivity (Wildman–Crippen MR) is 82.8 cm³/mol. The van der Waals surface area contributed by atoms with E-state index in [0.717, 1.165) is 0 Å². The lowest BCUT2D eigenvalue weighted by Gasteiger charge is -2.19. The van der Waals surface area contributed by atoms with Crippen LogP contribution in [0.25, 0.3) is 0 Å². The van der Waals surface area contributed by atoms with Crippen molar-refractivity contribution in [2.45, 2.75) is 26.4 Å². The predicted octanol–water partition coefficient (Wildman–Crippen LogP) is 2.47. The van der Waals surface area contributed by atoms with Crippen LogP contribution in [0.2, 0.25) is 0 Å². The number of benzene rings is 1. The van der Waals surface area contributed by atoms with Gasteiger partial charge in [0.1, 0.15) is 11.4 Å². The smallest absolute Gasteiger partial charge is 0.338 e. The molecule has 0 heterocycles. The monoisotopic (exact) mass is 366 g/mol. The lowest BCUT2D eigenvalue weighted by atomic mass is 10.1. The maximum absolute atomic E-state index is 11.8. The number of carbonyl (C=O) groups is 1. The summed E-state index contributed by atoms with van der Waals surface area (Å²) in [6, 6.07) is 5.54. The number of rotatable bonds is 8. The van der Waals surface area contributed by atoms with Crippen molar-refractivity contribution in [3.8, 4) is 5.75 Å². The van der Waals surface area contributed by atoms with E-state index in [9.17, 15) is 13.2 Å². The van der Waals surface area contributed by atoms with Crippen LogP contribution in [0, 0.1) is 0 Å². The summed E-state index contributed by atoms with van der Waals surface area (Å²) in [7, 11) is -2.68. The lowest BCUT2D eigenvalue weighted by molar-refractivity contribution is -0.447. The molecule has 1 rings (SSSR count). The Morgan fingerprint density at radius 2 is 1.78 bits per heavy atom. The van der Waals surface area contributed by atoms with E-state index in [2.05, 4.69) is 14.3 Å². The van der Waals surface area contributed by atoms with E-state index in [1.54, 1.807) is 20.8 Å². The fraction of sp³-hybridized carbons (Fsp3) is 0.462. The molecular weight excluding hydrogens is 348 g/mol. The van der Waals surface area contributed by atoms with Gasteiger partial charge in [0, 0.05) is 0 Å². The van der Waals surface area contributed by atoms with E-state index in [-0.39, 0.29) is 11.3 Å². The fourth-order valence-corrected chi connectivity index (χ4v) is 2.60. The van der Waals surface area contributed by atoms with Crippen molar-refractivity contribution in [1.29, 1.82) is 0 Å². The Labute approximate surface area is 139 Å². The number of hydrogen-bond donors (Lipinski definition) is 0. The van der Waals surface area contributed by atoms with Gasteiger partial charge in [-0.25, -0.2) is 9.68 Å². The van der Waals surface area contributed by atoms with Crippen LogP contribution in [0.5, 0.6) is 5.75 Å². The second-order valence-corrected chi connectivity index (χ2v) is 7.80. The van der Waals surface area contributed by atoms with Crippen molar-refractivity contribution in [3.05, 3.63) is 29.8 Å². The Balaban J connectivity index is 2.61. The summed E-state index contributed by atoms with van der Waals surface area (Å²) in [5.41, 5.74) is -0.326. The minimum atomic E-state index is -3.89. The summed E-state index contributed by atoms with van der Waals surface area (Å²) >= 11 is 0.484. The van der Waals surface area contributed by atoms with Gasteiger partial charge in [-0.1, -0.05) is 5.04 Å². The van der Waals surface area contributed by atoms with Crippen LogP contribution in [0.3, 0.4) is 0 Å². The molecule has 130 valence electrons. The highest BCUT2D eigenvalue weighted by Crippen LogP contribution is 2.19. The van der Waals surface area contributed by atoms with Crippen molar-refractivity contribution in [1.82, 2.24) is 0 Å². The average molecular weight is 366 g/mol. The van der Waals surface area contributed by atoms with Gasteiger partial charge in [0.15, 0.2) is 5.08 Å². The second kappa shape index (κ2) is 8.50. The molecule has 23 heavy (non-hydrogen) atoms. The molecule has 0 spiro atoms. The Kier molecular flexibility index (Phi) is 7.29. The molecule has 1 aromatic rings. The Hall–Kier alpha value is -1.33.